The lowest BCUT2D eigenvalue weighted by molar-refractivity contribution is -0.127. The minimum Gasteiger partial charge on any atom is -0.355 e. The number of para-hydroxylation sites is 1. The number of aromatic nitrogens is 2. The van der Waals surface area contributed by atoms with Crippen molar-refractivity contribution in [2.75, 3.05) is 6.54 Å². The third-order valence-corrected chi connectivity index (χ3v) is 6.13. The first-order chi connectivity index (χ1) is 12.7. The van der Waals surface area contributed by atoms with Crippen LogP contribution in [0.2, 0.25) is 0 Å². The molecule has 2 saturated carbocycles. The molecule has 2 aliphatic rings. The summed E-state index contributed by atoms with van der Waals surface area (Å²) < 4.78 is 1.88. The second-order valence-corrected chi connectivity index (χ2v) is 7.82. The molecule has 5 heteroatoms. The monoisotopic (exact) mass is 352 g/mol. The molecule has 1 aromatic heterocycles. The van der Waals surface area contributed by atoms with E-state index in [4.69, 9.17) is 5.73 Å². The van der Waals surface area contributed by atoms with E-state index in [9.17, 15) is 4.79 Å². The molecule has 1 amide bonds. The second kappa shape index (κ2) is 7.62. The highest BCUT2D eigenvalue weighted by Gasteiger charge is 2.40. The maximum Gasteiger partial charge on any atom is 0.223 e. The fourth-order valence-electron chi connectivity index (χ4n) is 4.68. The van der Waals surface area contributed by atoms with Crippen molar-refractivity contribution in [1.29, 1.82) is 0 Å². The molecule has 0 spiro atoms. The zero-order valence-electron chi connectivity index (χ0n) is 15.2. The standard InChI is InChI=1S/C21H28N4O/c22-20-15-5-4-6-16(20)14-17(13-15)21(26)23-11-9-18-10-12-25(24-18)19-7-2-1-3-8-19/h1-3,7-8,10,12,15-17,20H,4-6,9,11,13-14,22H2,(H,23,26). The van der Waals surface area contributed by atoms with Crippen LogP contribution in [0.3, 0.4) is 0 Å². The summed E-state index contributed by atoms with van der Waals surface area (Å²) >= 11 is 0. The van der Waals surface area contributed by atoms with E-state index in [2.05, 4.69) is 10.4 Å². The Morgan fingerprint density at radius 3 is 2.62 bits per heavy atom. The molecule has 2 fully saturated rings. The summed E-state index contributed by atoms with van der Waals surface area (Å²) in [7, 11) is 0. The molecule has 2 bridgehead atoms. The first-order valence-electron chi connectivity index (χ1n) is 9.84. The van der Waals surface area contributed by atoms with E-state index in [1.807, 2.05) is 47.3 Å². The van der Waals surface area contributed by atoms with Gasteiger partial charge in [0.2, 0.25) is 5.91 Å². The van der Waals surface area contributed by atoms with Gasteiger partial charge in [0.15, 0.2) is 0 Å². The van der Waals surface area contributed by atoms with Crippen molar-refractivity contribution in [3.63, 3.8) is 0 Å². The number of carbonyl (C=O) groups is 1. The Bertz CT molecular complexity index is 727. The number of fused-ring (bicyclic) bond motifs is 2. The van der Waals surface area contributed by atoms with Crippen LogP contribution in [0.1, 0.15) is 37.8 Å². The van der Waals surface area contributed by atoms with Gasteiger partial charge in [0, 0.05) is 31.1 Å². The van der Waals surface area contributed by atoms with Gasteiger partial charge in [0.05, 0.1) is 11.4 Å². The Labute approximate surface area is 155 Å². The van der Waals surface area contributed by atoms with Crippen LogP contribution in [-0.2, 0) is 11.2 Å². The predicted molar refractivity (Wildman–Crippen MR) is 102 cm³/mol. The van der Waals surface area contributed by atoms with E-state index < -0.39 is 0 Å². The molecule has 2 aromatic rings. The van der Waals surface area contributed by atoms with Crippen LogP contribution in [-0.4, -0.2) is 28.3 Å². The highest BCUT2D eigenvalue weighted by molar-refractivity contribution is 5.78. The summed E-state index contributed by atoms with van der Waals surface area (Å²) in [6.45, 7) is 0.641. The molecule has 0 saturated heterocycles. The molecule has 138 valence electrons. The molecule has 3 N–H and O–H groups in total. The number of nitrogens with one attached hydrogen (secondary N) is 1. The molecule has 1 aromatic carbocycles. The van der Waals surface area contributed by atoms with E-state index >= 15 is 0 Å². The van der Waals surface area contributed by atoms with Gasteiger partial charge in [-0.05, 0) is 55.7 Å². The van der Waals surface area contributed by atoms with E-state index in [0.717, 1.165) is 30.6 Å². The minimum atomic E-state index is 0.145. The minimum absolute atomic E-state index is 0.145. The Kier molecular flexibility index (Phi) is 5.07. The van der Waals surface area contributed by atoms with Crippen molar-refractivity contribution < 1.29 is 4.79 Å². The molecule has 0 aliphatic heterocycles. The summed E-state index contributed by atoms with van der Waals surface area (Å²) in [6.07, 6.45) is 8.32. The lowest BCUT2D eigenvalue weighted by atomic mass is 9.65. The molecule has 2 unspecified atom stereocenters. The molecule has 4 rings (SSSR count). The van der Waals surface area contributed by atoms with E-state index in [1.54, 1.807) is 0 Å². The van der Waals surface area contributed by atoms with Crippen molar-refractivity contribution in [1.82, 2.24) is 15.1 Å². The fraction of sp³-hybridized carbons (Fsp3) is 0.524. The molecule has 26 heavy (non-hydrogen) atoms. The maximum absolute atomic E-state index is 12.6. The third-order valence-electron chi connectivity index (χ3n) is 6.13. The first-order valence-corrected chi connectivity index (χ1v) is 9.84. The summed E-state index contributed by atoms with van der Waals surface area (Å²) in [4.78, 5) is 12.6. The lowest BCUT2D eigenvalue weighted by Crippen LogP contribution is -2.49. The smallest absolute Gasteiger partial charge is 0.223 e. The highest BCUT2D eigenvalue weighted by Crippen LogP contribution is 2.41. The molecule has 1 heterocycles. The van der Waals surface area contributed by atoms with Gasteiger partial charge >= 0.3 is 0 Å². The molecule has 2 aliphatic carbocycles. The fourth-order valence-corrected chi connectivity index (χ4v) is 4.68. The van der Waals surface area contributed by atoms with Crippen LogP contribution >= 0.6 is 0 Å². The van der Waals surface area contributed by atoms with Crippen molar-refractivity contribution >= 4 is 5.91 Å². The average Bonchev–Trinajstić information content (AvgIpc) is 3.11. The summed E-state index contributed by atoms with van der Waals surface area (Å²) in [5.74, 6) is 1.43. The Morgan fingerprint density at radius 1 is 1.15 bits per heavy atom. The van der Waals surface area contributed by atoms with Crippen LogP contribution in [0.5, 0.6) is 0 Å². The molecule has 2 atom stereocenters. The maximum atomic E-state index is 12.6. The predicted octanol–water partition coefficient (Wildman–Crippen LogP) is 2.68. The number of nitrogens with zero attached hydrogens (tertiary/aromatic N) is 2. The third kappa shape index (κ3) is 3.68. The second-order valence-electron chi connectivity index (χ2n) is 7.82. The van der Waals surface area contributed by atoms with Gasteiger partial charge in [-0.3, -0.25) is 4.79 Å². The van der Waals surface area contributed by atoms with E-state index in [0.29, 0.717) is 24.4 Å². The lowest BCUT2D eigenvalue weighted by Gasteiger charge is -2.43. The zero-order chi connectivity index (χ0) is 17.9. The van der Waals surface area contributed by atoms with E-state index in [1.165, 1.54) is 19.3 Å². The summed E-state index contributed by atoms with van der Waals surface area (Å²) in [5.41, 5.74) is 8.38. The van der Waals surface area contributed by atoms with Crippen LogP contribution < -0.4 is 11.1 Å². The number of amides is 1. The van der Waals surface area contributed by atoms with Crippen LogP contribution in [0.25, 0.3) is 5.69 Å². The number of nitrogens with two attached hydrogens (primary N) is 1. The Balaban J connectivity index is 1.27. The van der Waals surface area contributed by atoms with Crippen LogP contribution in [0, 0.1) is 17.8 Å². The zero-order valence-corrected chi connectivity index (χ0v) is 15.2. The largest absolute Gasteiger partial charge is 0.355 e. The van der Waals surface area contributed by atoms with Gasteiger partial charge in [0.1, 0.15) is 0 Å². The SMILES string of the molecule is NC1C2CCCC1CC(C(=O)NCCc1ccn(-c3ccccc3)n1)C2. The summed E-state index contributed by atoms with van der Waals surface area (Å²) in [5, 5.41) is 7.72. The number of rotatable bonds is 5. The number of benzene rings is 1. The molecule has 0 radical (unpaired) electrons. The Hall–Kier alpha value is -2.14. The van der Waals surface area contributed by atoms with Gasteiger partial charge in [-0.15, -0.1) is 0 Å². The van der Waals surface area contributed by atoms with Gasteiger partial charge in [0.25, 0.3) is 0 Å². The normalized spacial score (nSPS) is 27.9. The molecular weight excluding hydrogens is 324 g/mol. The van der Waals surface area contributed by atoms with Gasteiger partial charge < -0.3 is 11.1 Å². The number of carbonyl (C=O) groups excluding carboxylic acids is 1. The molecule has 5 nitrogen and oxygen atoms in total. The van der Waals surface area contributed by atoms with E-state index in [-0.39, 0.29) is 11.8 Å². The van der Waals surface area contributed by atoms with Gasteiger partial charge in [-0.2, -0.15) is 5.10 Å². The van der Waals surface area contributed by atoms with Gasteiger partial charge in [-0.25, -0.2) is 4.68 Å². The quantitative estimate of drug-likeness (QED) is 0.869. The van der Waals surface area contributed by atoms with Gasteiger partial charge in [-0.1, -0.05) is 24.6 Å². The Morgan fingerprint density at radius 2 is 1.88 bits per heavy atom. The van der Waals surface area contributed by atoms with Crippen molar-refractivity contribution in [3.05, 3.63) is 48.3 Å². The van der Waals surface area contributed by atoms with Crippen molar-refractivity contribution in [2.45, 2.75) is 44.6 Å². The van der Waals surface area contributed by atoms with Crippen molar-refractivity contribution in [3.8, 4) is 5.69 Å². The average molecular weight is 352 g/mol. The van der Waals surface area contributed by atoms with Crippen LogP contribution in [0.4, 0.5) is 0 Å². The summed E-state index contributed by atoms with van der Waals surface area (Å²) in [6, 6.07) is 12.4. The van der Waals surface area contributed by atoms with Crippen molar-refractivity contribution in [2.24, 2.45) is 23.5 Å². The topological polar surface area (TPSA) is 72.9 Å². The first kappa shape index (κ1) is 17.3. The molecular formula is C21H28N4O. The highest BCUT2D eigenvalue weighted by atomic mass is 16.1. The number of hydrogen-bond acceptors (Lipinski definition) is 3. The number of hydrogen-bond donors (Lipinski definition) is 2. The van der Waals surface area contributed by atoms with Crippen LogP contribution in [0.15, 0.2) is 42.6 Å².